The normalized spacial score (nSPS) is 11.6. The van der Waals surface area contributed by atoms with Crippen molar-refractivity contribution in [2.75, 3.05) is 0 Å². The minimum Gasteiger partial charge on any atom is -0.478 e. The summed E-state index contributed by atoms with van der Waals surface area (Å²) >= 11 is 3.29. The highest BCUT2D eigenvalue weighted by Gasteiger charge is 2.18. The molecule has 0 atom stereocenters. The summed E-state index contributed by atoms with van der Waals surface area (Å²) < 4.78 is 7.61. The van der Waals surface area contributed by atoms with Crippen molar-refractivity contribution < 1.29 is 19.4 Å². The SMILES string of the molecule is CC(C)(C)OC(=O)Cn1ccc2c(C(=O)O)cc(Br)cc21. The number of hydrogen-bond donors (Lipinski definition) is 1. The van der Waals surface area contributed by atoms with Crippen molar-refractivity contribution in [1.29, 1.82) is 0 Å². The van der Waals surface area contributed by atoms with E-state index in [0.717, 1.165) is 0 Å². The number of aromatic carboxylic acids is 1. The van der Waals surface area contributed by atoms with Gasteiger partial charge in [-0.1, -0.05) is 15.9 Å². The van der Waals surface area contributed by atoms with E-state index in [9.17, 15) is 14.7 Å². The Hall–Kier alpha value is -1.82. The van der Waals surface area contributed by atoms with Gasteiger partial charge in [0.1, 0.15) is 12.1 Å². The van der Waals surface area contributed by atoms with Gasteiger partial charge < -0.3 is 14.4 Å². The fourth-order valence-corrected chi connectivity index (χ4v) is 2.53. The number of hydrogen-bond acceptors (Lipinski definition) is 3. The number of benzene rings is 1. The summed E-state index contributed by atoms with van der Waals surface area (Å²) in [5.74, 6) is -1.37. The molecule has 112 valence electrons. The topological polar surface area (TPSA) is 68.5 Å². The Bertz CT molecular complexity index is 712. The van der Waals surface area contributed by atoms with Crippen LogP contribution in [-0.2, 0) is 16.1 Å². The minimum absolute atomic E-state index is 0.0380. The van der Waals surface area contributed by atoms with Gasteiger partial charge in [0.25, 0.3) is 0 Å². The van der Waals surface area contributed by atoms with Crippen LogP contribution < -0.4 is 0 Å². The van der Waals surface area contributed by atoms with Crippen molar-refractivity contribution in [3.8, 4) is 0 Å². The Labute approximate surface area is 130 Å². The third kappa shape index (κ3) is 3.64. The van der Waals surface area contributed by atoms with Gasteiger partial charge in [0.15, 0.2) is 0 Å². The predicted octanol–water partition coefficient (Wildman–Crippen LogP) is 3.44. The Balaban J connectivity index is 2.38. The summed E-state index contributed by atoms with van der Waals surface area (Å²) in [5, 5.41) is 9.82. The summed E-state index contributed by atoms with van der Waals surface area (Å²) in [6.45, 7) is 5.45. The van der Waals surface area contributed by atoms with Crippen molar-refractivity contribution in [1.82, 2.24) is 4.57 Å². The van der Waals surface area contributed by atoms with Gasteiger partial charge in [-0.25, -0.2) is 4.79 Å². The van der Waals surface area contributed by atoms with Crippen molar-refractivity contribution in [3.05, 3.63) is 34.4 Å². The molecular formula is C15H16BrNO4. The van der Waals surface area contributed by atoms with Crippen molar-refractivity contribution in [2.24, 2.45) is 0 Å². The quantitative estimate of drug-likeness (QED) is 0.858. The second kappa shape index (κ2) is 5.52. The maximum absolute atomic E-state index is 11.9. The molecule has 0 bridgehead atoms. The van der Waals surface area contributed by atoms with Gasteiger partial charge in [0.05, 0.1) is 11.1 Å². The molecule has 0 aliphatic heterocycles. The highest BCUT2D eigenvalue weighted by Crippen LogP contribution is 2.26. The number of esters is 1. The van der Waals surface area contributed by atoms with E-state index in [4.69, 9.17) is 4.74 Å². The molecule has 0 saturated heterocycles. The van der Waals surface area contributed by atoms with Crippen molar-refractivity contribution in [2.45, 2.75) is 32.9 Å². The summed E-state index contributed by atoms with van der Waals surface area (Å²) in [6.07, 6.45) is 1.69. The van der Waals surface area contributed by atoms with Crippen LogP contribution in [0.2, 0.25) is 0 Å². The summed E-state index contributed by atoms with van der Waals surface area (Å²) in [6, 6.07) is 5.02. The van der Waals surface area contributed by atoms with E-state index in [1.54, 1.807) is 49.7 Å². The number of halogens is 1. The highest BCUT2D eigenvalue weighted by atomic mass is 79.9. The van der Waals surface area contributed by atoms with Crippen LogP contribution in [0.25, 0.3) is 10.9 Å². The molecule has 0 radical (unpaired) electrons. The molecule has 2 rings (SSSR count). The lowest BCUT2D eigenvalue weighted by Gasteiger charge is -2.19. The van der Waals surface area contributed by atoms with Gasteiger partial charge in [-0.3, -0.25) is 4.79 Å². The highest BCUT2D eigenvalue weighted by molar-refractivity contribution is 9.10. The lowest BCUT2D eigenvalue weighted by molar-refractivity contribution is -0.155. The zero-order valence-corrected chi connectivity index (χ0v) is 13.6. The molecule has 2 aromatic rings. The lowest BCUT2D eigenvalue weighted by atomic mass is 10.1. The molecule has 0 saturated carbocycles. The standard InChI is InChI=1S/C15H16BrNO4/c1-15(2,3)21-13(18)8-17-5-4-10-11(14(19)20)6-9(16)7-12(10)17/h4-7H,8H2,1-3H3,(H,19,20). The molecule has 0 spiro atoms. The third-order valence-corrected chi connectivity index (χ3v) is 3.26. The first-order valence-corrected chi connectivity index (χ1v) is 7.20. The van der Waals surface area contributed by atoms with Crippen LogP contribution in [0.1, 0.15) is 31.1 Å². The van der Waals surface area contributed by atoms with E-state index in [0.29, 0.717) is 15.4 Å². The fraction of sp³-hybridized carbons (Fsp3) is 0.333. The number of carbonyl (C=O) groups is 2. The van der Waals surface area contributed by atoms with Gasteiger partial charge in [0.2, 0.25) is 0 Å². The number of aromatic nitrogens is 1. The Kier molecular flexibility index (Phi) is 4.09. The van der Waals surface area contributed by atoms with Gasteiger partial charge >= 0.3 is 11.9 Å². The summed E-state index contributed by atoms with van der Waals surface area (Å²) in [4.78, 5) is 23.2. The molecule has 0 fully saturated rings. The maximum atomic E-state index is 11.9. The zero-order chi connectivity index (χ0) is 15.8. The zero-order valence-electron chi connectivity index (χ0n) is 12.0. The fourth-order valence-electron chi connectivity index (χ4n) is 2.09. The van der Waals surface area contributed by atoms with Crippen LogP contribution >= 0.6 is 15.9 Å². The number of fused-ring (bicyclic) bond motifs is 1. The molecular weight excluding hydrogens is 338 g/mol. The summed E-state index contributed by atoms with van der Waals surface area (Å²) in [7, 11) is 0. The Morgan fingerprint density at radius 2 is 2.00 bits per heavy atom. The number of rotatable bonds is 3. The Morgan fingerprint density at radius 3 is 2.57 bits per heavy atom. The van der Waals surface area contributed by atoms with E-state index in [-0.39, 0.29) is 18.1 Å². The third-order valence-electron chi connectivity index (χ3n) is 2.80. The number of carboxylic acids is 1. The van der Waals surface area contributed by atoms with E-state index in [1.165, 1.54) is 0 Å². The van der Waals surface area contributed by atoms with Gasteiger partial charge in [-0.15, -0.1) is 0 Å². The molecule has 0 aliphatic carbocycles. The van der Waals surface area contributed by atoms with Gasteiger partial charge in [-0.05, 0) is 39.0 Å². The second-order valence-electron chi connectivity index (χ2n) is 5.72. The summed E-state index contributed by atoms with van der Waals surface area (Å²) in [5.41, 5.74) is 0.322. The first-order valence-electron chi connectivity index (χ1n) is 6.41. The monoisotopic (exact) mass is 353 g/mol. The smallest absolute Gasteiger partial charge is 0.336 e. The van der Waals surface area contributed by atoms with E-state index in [2.05, 4.69) is 15.9 Å². The molecule has 1 N–H and O–H groups in total. The van der Waals surface area contributed by atoms with E-state index >= 15 is 0 Å². The maximum Gasteiger partial charge on any atom is 0.336 e. The van der Waals surface area contributed by atoms with Crippen LogP contribution in [-0.4, -0.2) is 27.2 Å². The van der Waals surface area contributed by atoms with Crippen LogP contribution in [0.15, 0.2) is 28.9 Å². The second-order valence-corrected chi connectivity index (χ2v) is 6.64. The van der Waals surface area contributed by atoms with Crippen molar-refractivity contribution >= 4 is 38.8 Å². The first kappa shape index (κ1) is 15.6. The van der Waals surface area contributed by atoms with Crippen LogP contribution in [0.5, 0.6) is 0 Å². The van der Waals surface area contributed by atoms with Crippen LogP contribution in [0, 0.1) is 0 Å². The molecule has 0 aliphatic rings. The van der Waals surface area contributed by atoms with E-state index < -0.39 is 11.6 Å². The molecule has 5 nitrogen and oxygen atoms in total. The molecule has 1 heterocycles. The number of ether oxygens (including phenoxy) is 1. The molecule has 1 aromatic carbocycles. The van der Waals surface area contributed by atoms with Gasteiger partial charge in [-0.2, -0.15) is 0 Å². The molecule has 6 heteroatoms. The van der Waals surface area contributed by atoms with Crippen LogP contribution in [0.3, 0.4) is 0 Å². The molecule has 1 aromatic heterocycles. The van der Waals surface area contributed by atoms with Gasteiger partial charge in [0, 0.05) is 16.1 Å². The average molecular weight is 354 g/mol. The van der Waals surface area contributed by atoms with E-state index in [1.807, 2.05) is 0 Å². The number of carbonyl (C=O) groups excluding carboxylic acids is 1. The van der Waals surface area contributed by atoms with Crippen molar-refractivity contribution in [3.63, 3.8) is 0 Å². The molecule has 0 unspecified atom stereocenters. The number of nitrogens with zero attached hydrogens (tertiary/aromatic N) is 1. The molecule has 0 amide bonds. The largest absolute Gasteiger partial charge is 0.478 e. The van der Waals surface area contributed by atoms with Crippen LogP contribution in [0.4, 0.5) is 0 Å². The Morgan fingerprint density at radius 1 is 1.33 bits per heavy atom. The average Bonchev–Trinajstić information content (AvgIpc) is 2.68. The lowest BCUT2D eigenvalue weighted by Crippen LogP contribution is -2.26. The minimum atomic E-state index is -1.00. The number of carboxylic acid groups (broad SMARTS) is 1. The molecule has 21 heavy (non-hydrogen) atoms. The first-order chi connectivity index (χ1) is 9.67. The predicted molar refractivity (Wildman–Crippen MR) is 82.4 cm³/mol.